The first kappa shape index (κ1) is 9.73. The highest BCUT2D eigenvalue weighted by molar-refractivity contribution is 5.83. The SMILES string of the molecule is N#CCc1cc2cc3c(cc2[nH]c1=O)OCO3. The second kappa shape index (κ2) is 3.52. The van der Waals surface area contributed by atoms with Crippen molar-refractivity contribution in [2.24, 2.45) is 0 Å². The summed E-state index contributed by atoms with van der Waals surface area (Å²) < 4.78 is 10.5. The summed E-state index contributed by atoms with van der Waals surface area (Å²) in [6.45, 7) is 0.195. The van der Waals surface area contributed by atoms with Crippen molar-refractivity contribution in [2.75, 3.05) is 6.79 Å². The van der Waals surface area contributed by atoms with Gasteiger partial charge in [-0.25, -0.2) is 0 Å². The monoisotopic (exact) mass is 228 g/mol. The van der Waals surface area contributed by atoms with E-state index in [0.717, 1.165) is 5.39 Å². The van der Waals surface area contributed by atoms with Crippen molar-refractivity contribution >= 4 is 10.9 Å². The second-order valence-corrected chi connectivity index (χ2v) is 3.75. The molecule has 1 aromatic carbocycles. The molecule has 0 atom stereocenters. The molecule has 0 fully saturated rings. The first-order valence-corrected chi connectivity index (χ1v) is 5.10. The lowest BCUT2D eigenvalue weighted by atomic mass is 10.1. The molecule has 0 spiro atoms. The van der Waals surface area contributed by atoms with Crippen molar-refractivity contribution in [1.82, 2.24) is 4.98 Å². The standard InChI is InChI=1S/C12H8N2O3/c13-2-1-7-3-8-4-10-11(17-6-16-10)5-9(8)14-12(7)15/h3-5H,1,6H2,(H,14,15). The summed E-state index contributed by atoms with van der Waals surface area (Å²) in [5, 5.41) is 9.46. The van der Waals surface area contributed by atoms with Gasteiger partial charge in [-0.1, -0.05) is 0 Å². The van der Waals surface area contributed by atoms with Crippen molar-refractivity contribution in [3.8, 4) is 17.6 Å². The van der Waals surface area contributed by atoms with E-state index in [0.29, 0.717) is 22.6 Å². The van der Waals surface area contributed by atoms with Crippen molar-refractivity contribution < 1.29 is 9.47 Å². The third-order valence-corrected chi connectivity index (χ3v) is 2.68. The van der Waals surface area contributed by atoms with Gasteiger partial charge >= 0.3 is 0 Å². The molecular formula is C12H8N2O3. The van der Waals surface area contributed by atoms with E-state index in [1.54, 1.807) is 18.2 Å². The number of ether oxygens (including phenoxy) is 2. The molecule has 84 valence electrons. The predicted molar refractivity (Wildman–Crippen MR) is 60.0 cm³/mol. The lowest BCUT2D eigenvalue weighted by Crippen LogP contribution is -2.11. The number of fused-ring (bicyclic) bond motifs is 2. The summed E-state index contributed by atoms with van der Waals surface area (Å²) >= 11 is 0. The highest BCUT2D eigenvalue weighted by Crippen LogP contribution is 2.35. The van der Waals surface area contributed by atoms with Crippen LogP contribution in [0, 0.1) is 11.3 Å². The minimum Gasteiger partial charge on any atom is -0.454 e. The molecule has 0 saturated carbocycles. The molecule has 0 amide bonds. The van der Waals surface area contributed by atoms with E-state index in [9.17, 15) is 4.79 Å². The fraction of sp³-hybridized carbons (Fsp3) is 0.167. The Labute approximate surface area is 96.2 Å². The summed E-state index contributed by atoms with van der Waals surface area (Å²) in [6.07, 6.45) is 0.0969. The van der Waals surface area contributed by atoms with Crippen LogP contribution in [0.5, 0.6) is 11.5 Å². The number of hydrogen-bond acceptors (Lipinski definition) is 4. The Kier molecular flexibility index (Phi) is 2.02. The smallest absolute Gasteiger partial charge is 0.252 e. The zero-order chi connectivity index (χ0) is 11.8. The zero-order valence-electron chi connectivity index (χ0n) is 8.82. The molecule has 0 radical (unpaired) electrons. The Morgan fingerprint density at radius 2 is 2.06 bits per heavy atom. The van der Waals surface area contributed by atoms with Crippen LogP contribution in [-0.2, 0) is 6.42 Å². The van der Waals surface area contributed by atoms with Gasteiger partial charge in [0.2, 0.25) is 6.79 Å². The summed E-state index contributed by atoms with van der Waals surface area (Å²) in [5.74, 6) is 1.29. The fourth-order valence-corrected chi connectivity index (χ4v) is 1.86. The molecule has 1 aromatic heterocycles. The number of rotatable bonds is 1. The predicted octanol–water partition coefficient (Wildman–Crippen LogP) is 1.32. The highest BCUT2D eigenvalue weighted by atomic mass is 16.7. The summed E-state index contributed by atoms with van der Waals surface area (Å²) in [6, 6.07) is 7.21. The average Bonchev–Trinajstić information content (AvgIpc) is 2.74. The summed E-state index contributed by atoms with van der Waals surface area (Å²) in [5.41, 5.74) is 0.901. The maximum atomic E-state index is 11.6. The minimum absolute atomic E-state index is 0.0969. The molecule has 0 saturated heterocycles. The number of nitrogens with one attached hydrogen (secondary N) is 1. The number of pyridine rings is 1. The van der Waals surface area contributed by atoms with Crippen LogP contribution in [0.4, 0.5) is 0 Å². The van der Waals surface area contributed by atoms with Gasteiger partial charge in [-0.05, 0) is 12.1 Å². The van der Waals surface area contributed by atoms with Crippen molar-refractivity contribution in [3.63, 3.8) is 0 Å². The van der Waals surface area contributed by atoms with Gasteiger partial charge in [-0.3, -0.25) is 4.79 Å². The molecular weight excluding hydrogens is 220 g/mol. The van der Waals surface area contributed by atoms with E-state index in [2.05, 4.69) is 4.98 Å². The van der Waals surface area contributed by atoms with Gasteiger partial charge in [0.25, 0.3) is 5.56 Å². The van der Waals surface area contributed by atoms with Crippen LogP contribution in [0.15, 0.2) is 23.0 Å². The second-order valence-electron chi connectivity index (χ2n) is 3.75. The van der Waals surface area contributed by atoms with Crippen LogP contribution in [-0.4, -0.2) is 11.8 Å². The van der Waals surface area contributed by atoms with Gasteiger partial charge in [-0.15, -0.1) is 0 Å². The minimum atomic E-state index is -0.238. The van der Waals surface area contributed by atoms with Gasteiger partial charge in [0.15, 0.2) is 11.5 Å². The average molecular weight is 228 g/mol. The molecule has 2 heterocycles. The third-order valence-electron chi connectivity index (χ3n) is 2.68. The van der Waals surface area contributed by atoms with E-state index >= 15 is 0 Å². The van der Waals surface area contributed by atoms with E-state index < -0.39 is 0 Å². The molecule has 0 aliphatic carbocycles. The number of hydrogen-bond donors (Lipinski definition) is 1. The Balaban J connectivity index is 2.26. The number of aromatic nitrogens is 1. The van der Waals surface area contributed by atoms with Gasteiger partial charge < -0.3 is 14.5 Å². The van der Waals surface area contributed by atoms with Crippen LogP contribution in [0.25, 0.3) is 10.9 Å². The van der Waals surface area contributed by atoms with E-state index in [1.165, 1.54) is 0 Å². The fourth-order valence-electron chi connectivity index (χ4n) is 1.86. The number of aromatic amines is 1. The number of H-pyrrole nitrogens is 1. The molecule has 5 heteroatoms. The Morgan fingerprint density at radius 1 is 1.29 bits per heavy atom. The van der Waals surface area contributed by atoms with Crippen LogP contribution in [0.1, 0.15) is 5.56 Å². The van der Waals surface area contributed by atoms with Crippen LogP contribution in [0.2, 0.25) is 0 Å². The molecule has 1 aliphatic rings. The van der Waals surface area contributed by atoms with E-state index in [1.807, 2.05) is 6.07 Å². The molecule has 5 nitrogen and oxygen atoms in total. The molecule has 2 aromatic rings. The van der Waals surface area contributed by atoms with Crippen molar-refractivity contribution in [1.29, 1.82) is 5.26 Å². The van der Waals surface area contributed by atoms with E-state index in [4.69, 9.17) is 14.7 Å². The number of benzene rings is 1. The Hall–Kier alpha value is -2.48. The Morgan fingerprint density at radius 3 is 2.82 bits per heavy atom. The van der Waals surface area contributed by atoms with Crippen LogP contribution >= 0.6 is 0 Å². The van der Waals surface area contributed by atoms with Gasteiger partial charge in [0.1, 0.15) is 0 Å². The highest BCUT2D eigenvalue weighted by Gasteiger charge is 2.15. The lowest BCUT2D eigenvalue weighted by molar-refractivity contribution is 0.174. The first-order valence-electron chi connectivity index (χ1n) is 5.10. The molecule has 1 N–H and O–H groups in total. The number of nitriles is 1. The molecule has 17 heavy (non-hydrogen) atoms. The topological polar surface area (TPSA) is 75.1 Å². The maximum Gasteiger partial charge on any atom is 0.252 e. The van der Waals surface area contributed by atoms with Gasteiger partial charge in [-0.2, -0.15) is 5.26 Å². The lowest BCUT2D eigenvalue weighted by Gasteiger charge is -2.02. The van der Waals surface area contributed by atoms with E-state index in [-0.39, 0.29) is 18.8 Å². The number of nitrogens with zero attached hydrogens (tertiary/aromatic N) is 1. The summed E-state index contributed by atoms with van der Waals surface area (Å²) in [7, 11) is 0. The van der Waals surface area contributed by atoms with Crippen LogP contribution < -0.4 is 15.0 Å². The summed E-state index contributed by atoms with van der Waals surface area (Å²) in [4.78, 5) is 14.4. The van der Waals surface area contributed by atoms with Crippen molar-refractivity contribution in [3.05, 3.63) is 34.1 Å². The van der Waals surface area contributed by atoms with Gasteiger partial charge in [0.05, 0.1) is 18.0 Å². The quantitative estimate of drug-likeness (QED) is 0.798. The molecule has 1 aliphatic heterocycles. The normalized spacial score (nSPS) is 12.6. The van der Waals surface area contributed by atoms with Crippen LogP contribution in [0.3, 0.4) is 0 Å². The molecule has 3 rings (SSSR count). The molecule has 0 unspecified atom stereocenters. The largest absolute Gasteiger partial charge is 0.454 e. The van der Waals surface area contributed by atoms with Gasteiger partial charge in [0, 0.05) is 17.0 Å². The van der Waals surface area contributed by atoms with Crippen molar-refractivity contribution in [2.45, 2.75) is 6.42 Å². The Bertz CT molecular complexity index is 697. The first-order chi connectivity index (χ1) is 8.28. The molecule has 0 bridgehead atoms. The maximum absolute atomic E-state index is 11.6. The third kappa shape index (κ3) is 1.51. The zero-order valence-corrected chi connectivity index (χ0v) is 8.82.